The molecule has 0 atom stereocenters. The maximum absolute atomic E-state index is 11.9. The van der Waals surface area contributed by atoms with Crippen molar-refractivity contribution in [3.8, 4) is 5.75 Å². The summed E-state index contributed by atoms with van der Waals surface area (Å²) in [6, 6.07) is 6.53. The van der Waals surface area contributed by atoms with E-state index >= 15 is 0 Å². The number of rotatable bonds is 3. The molecule has 2 aromatic rings. The zero-order valence-electron chi connectivity index (χ0n) is 12.4. The smallest absolute Gasteiger partial charge is 0.341 e. The molecular formula is C15H16N2O3S2. The van der Waals surface area contributed by atoms with Crippen LogP contribution in [0.25, 0.3) is 0 Å². The van der Waals surface area contributed by atoms with E-state index in [2.05, 4.69) is 10.6 Å². The third kappa shape index (κ3) is 3.55. The van der Waals surface area contributed by atoms with Gasteiger partial charge in [0.25, 0.3) is 0 Å². The quantitative estimate of drug-likeness (QED) is 0.451. The summed E-state index contributed by atoms with van der Waals surface area (Å²) in [5, 5.41) is 16.3. The number of phenolic OH excluding ortho intramolecular Hbond substituents is 1. The number of esters is 1. The Kier molecular flexibility index (Phi) is 4.99. The largest absolute Gasteiger partial charge is 0.508 e. The van der Waals surface area contributed by atoms with Crippen LogP contribution in [-0.4, -0.2) is 23.3 Å². The minimum Gasteiger partial charge on any atom is -0.508 e. The molecule has 116 valence electrons. The van der Waals surface area contributed by atoms with Crippen molar-refractivity contribution in [2.75, 3.05) is 17.7 Å². The van der Waals surface area contributed by atoms with Crippen LogP contribution in [0.1, 0.15) is 20.8 Å². The number of anilines is 2. The number of nitrogens with one attached hydrogen (secondary N) is 2. The van der Waals surface area contributed by atoms with Crippen LogP contribution < -0.4 is 10.6 Å². The average molecular weight is 336 g/mol. The predicted molar refractivity (Wildman–Crippen MR) is 93.1 cm³/mol. The first-order chi connectivity index (χ1) is 10.4. The lowest BCUT2D eigenvalue weighted by Gasteiger charge is -2.10. The number of aromatic hydroxyl groups is 1. The molecular weight excluding hydrogens is 320 g/mol. The summed E-state index contributed by atoms with van der Waals surface area (Å²) in [7, 11) is 1.35. The molecule has 1 heterocycles. The molecule has 0 aliphatic carbocycles. The Hall–Kier alpha value is -2.12. The number of thiophene rings is 1. The van der Waals surface area contributed by atoms with Gasteiger partial charge in [-0.3, -0.25) is 0 Å². The second-order valence-electron chi connectivity index (χ2n) is 4.60. The summed E-state index contributed by atoms with van der Waals surface area (Å²) in [6.45, 7) is 3.81. The molecule has 0 amide bonds. The zero-order valence-corrected chi connectivity index (χ0v) is 14.0. The first kappa shape index (κ1) is 16.3. The van der Waals surface area contributed by atoms with Crippen molar-refractivity contribution in [3.05, 3.63) is 40.3 Å². The van der Waals surface area contributed by atoms with E-state index in [-0.39, 0.29) is 5.75 Å². The number of hydrogen-bond donors (Lipinski definition) is 3. The molecule has 0 aliphatic heterocycles. The number of phenols is 1. The molecule has 0 fully saturated rings. The fourth-order valence-electron chi connectivity index (χ4n) is 1.87. The van der Waals surface area contributed by atoms with Crippen LogP contribution in [-0.2, 0) is 4.74 Å². The van der Waals surface area contributed by atoms with Crippen LogP contribution in [0.2, 0.25) is 0 Å². The van der Waals surface area contributed by atoms with Crippen LogP contribution in [0.4, 0.5) is 10.7 Å². The van der Waals surface area contributed by atoms with Crippen molar-refractivity contribution in [2.45, 2.75) is 13.8 Å². The first-order valence-electron chi connectivity index (χ1n) is 6.47. The molecule has 0 saturated heterocycles. The number of hydrogen-bond acceptors (Lipinski definition) is 5. The number of ether oxygens (including phenoxy) is 1. The van der Waals surface area contributed by atoms with Gasteiger partial charge in [0.05, 0.1) is 12.7 Å². The number of thiocarbonyl (C=S) groups is 1. The van der Waals surface area contributed by atoms with Gasteiger partial charge in [0.15, 0.2) is 5.11 Å². The van der Waals surface area contributed by atoms with E-state index in [0.29, 0.717) is 15.7 Å². The molecule has 0 radical (unpaired) electrons. The number of carbonyl (C=O) groups excluding carboxylic acids is 1. The fraction of sp³-hybridized carbons (Fsp3) is 0.200. The van der Waals surface area contributed by atoms with Crippen molar-refractivity contribution in [3.63, 3.8) is 0 Å². The number of carbonyl (C=O) groups is 1. The van der Waals surface area contributed by atoms with Crippen molar-refractivity contribution < 1.29 is 14.6 Å². The van der Waals surface area contributed by atoms with Gasteiger partial charge in [0.1, 0.15) is 10.8 Å². The SMILES string of the molecule is COC(=O)c1c(NC(=S)Nc2ccc(O)cc2)sc(C)c1C. The monoisotopic (exact) mass is 336 g/mol. The standard InChI is InChI=1S/C15H16N2O3S2/c1-8-9(2)22-13(12(8)14(19)20-3)17-15(21)16-10-4-6-11(18)7-5-10/h4-7,18H,1-3H3,(H2,16,17,21). The maximum atomic E-state index is 11.9. The Morgan fingerprint density at radius 1 is 1.23 bits per heavy atom. The van der Waals surface area contributed by atoms with E-state index in [1.807, 2.05) is 13.8 Å². The highest BCUT2D eigenvalue weighted by Gasteiger charge is 2.20. The molecule has 5 nitrogen and oxygen atoms in total. The summed E-state index contributed by atoms with van der Waals surface area (Å²) < 4.78 is 4.82. The van der Waals surface area contributed by atoms with Gasteiger partial charge in [-0.15, -0.1) is 11.3 Å². The van der Waals surface area contributed by atoms with E-state index < -0.39 is 5.97 Å². The van der Waals surface area contributed by atoms with Crippen molar-refractivity contribution in [2.24, 2.45) is 0 Å². The van der Waals surface area contributed by atoms with Crippen LogP contribution in [0.5, 0.6) is 5.75 Å². The van der Waals surface area contributed by atoms with E-state index in [4.69, 9.17) is 17.0 Å². The Balaban J connectivity index is 2.16. The lowest BCUT2D eigenvalue weighted by atomic mass is 10.1. The second kappa shape index (κ2) is 6.76. The minimum atomic E-state index is -0.392. The van der Waals surface area contributed by atoms with Gasteiger partial charge in [0.2, 0.25) is 0 Å². The van der Waals surface area contributed by atoms with Crippen molar-refractivity contribution >= 4 is 45.3 Å². The topological polar surface area (TPSA) is 70.6 Å². The molecule has 0 aliphatic rings. The lowest BCUT2D eigenvalue weighted by Crippen LogP contribution is -2.20. The highest BCUT2D eigenvalue weighted by atomic mass is 32.1. The van der Waals surface area contributed by atoms with Gasteiger partial charge >= 0.3 is 5.97 Å². The van der Waals surface area contributed by atoms with Gasteiger partial charge in [-0.1, -0.05) is 0 Å². The molecule has 3 N–H and O–H groups in total. The molecule has 0 unspecified atom stereocenters. The molecule has 7 heteroatoms. The molecule has 1 aromatic carbocycles. The van der Waals surface area contributed by atoms with Crippen LogP contribution in [0.15, 0.2) is 24.3 Å². The van der Waals surface area contributed by atoms with Gasteiger partial charge in [-0.25, -0.2) is 4.79 Å². The van der Waals surface area contributed by atoms with E-state index in [1.165, 1.54) is 18.4 Å². The van der Waals surface area contributed by atoms with Crippen molar-refractivity contribution in [1.82, 2.24) is 0 Å². The fourth-order valence-corrected chi connectivity index (χ4v) is 3.21. The number of aryl methyl sites for hydroxylation is 1. The van der Waals surface area contributed by atoms with Gasteiger partial charge in [-0.2, -0.15) is 0 Å². The van der Waals surface area contributed by atoms with E-state index in [0.717, 1.165) is 16.1 Å². The van der Waals surface area contributed by atoms with Crippen LogP contribution in [0.3, 0.4) is 0 Å². The predicted octanol–water partition coefficient (Wildman–Crippen LogP) is 3.67. The molecule has 0 bridgehead atoms. The molecule has 22 heavy (non-hydrogen) atoms. The summed E-state index contributed by atoms with van der Waals surface area (Å²) in [4.78, 5) is 12.9. The van der Waals surface area contributed by atoms with Crippen LogP contribution >= 0.6 is 23.6 Å². The molecule has 2 rings (SSSR count). The van der Waals surface area contributed by atoms with Crippen LogP contribution in [0, 0.1) is 13.8 Å². The average Bonchev–Trinajstić information content (AvgIpc) is 2.75. The summed E-state index contributed by atoms with van der Waals surface area (Å²) in [6.07, 6.45) is 0. The summed E-state index contributed by atoms with van der Waals surface area (Å²) >= 11 is 6.70. The van der Waals surface area contributed by atoms with Gasteiger partial charge in [0, 0.05) is 10.6 Å². The highest BCUT2D eigenvalue weighted by molar-refractivity contribution is 7.80. The molecule has 1 aromatic heterocycles. The summed E-state index contributed by atoms with van der Waals surface area (Å²) in [5.74, 6) is -0.210. The molecule has 0 spiro atoms. The normalized spacial score (nSPS) is 10.1. The Morgan fingerprint density at radius 3 is 2.45 bits per heavy atom. The third-order valence-corrected chi connectivity index (χ3v) is 4.45. The highest BCUT2D eigenvalue weighted by Crippen LogP contribution is 2.33. The van der Waals surface area contributed by atoms with Gasteiger partial charge < -0.3 is 20.5 Å². The first-order valence-corrected chi connectivity index (χ1v) is 7.70. The Morgan fingerprint density at radius 2 is 1.86 bits per heavy atom. The zero-order chi connectivity index (χ0) is 16.3. The maximum Gasteiger partial charge on any atom is 0.341 e. The minimum absolute atomic E-state index is 0.182. The van der Waals surface area contributed by atoms with E-state index in [9.17, 15) is 9.90 Å². The lowest BCUT2D eigenvalue weighted by molar-refractivity contribution is 0.0601. The van der Waals surface area contributed by atoms with E-state index in [1.54, 1.807) is 24.3 Å². The van der Waals surface area contributed by atoms with Crippen molar-refractivity contribution in [1.29, 1.82) is 0 Å². The second-order valence-corrected chi connectivity index (χ2v) is 6.24. The Bertz CT molecular complexity index is 708. The summed E-state index contributed by atoms with van der Waals surface area (Å²) in [5.41, 5.74) is 2.12. The Labute approximate surface area is 137 Å². The number of methoxy groups -OCH3 is 1. The van der Waals surface area contributed by atoms with Gasteiger partial charge in [-0.05, 0) is 55.9 Å². The number of benzene rings is 1. The third-order valence-electron chi connectivity index (χ3n) is 3.13. The molecule has 0 saturated carbocycles.